The number of alkyl halides is 3. The summed E-state index contributed by atoms with van der Waals surface area (Å²) in [4.78, 5) is 42.8. The van der Waals surface area contributed by atoms with Crippen molar-refractivity contribution in [2.45, 2.75) is 45.1 Å². The lowest BCUT2D eigenvalue weighted by Gasteiger charge is -2.33. The summed E-state index contributed by atoms with van der Waals surface area (Å²) in [5.74, 6) is -0.479. The molecule has 2 aliphatic heterocycles. The Hall–Kier alpha value is -4.02. The van der Waals surface area contributed by atoms with Crippen molar-refractivity contribution in [2.24, 2.45) is 5.92 Å². The number of halogens is 3. The molecule has 3 heterocycles. The minimum atomic E-state index is -4.70. The van der Waals surface area contributed by atoms with Gasteiger partial charge >= 0.3 is 12.2 Å². The lowest BCUT2D eigenvalue weighted by molar-refractivity contribution is -0.139. The molecule has 4 amide bonds. The quantitative estimate of drug-likeness (QED) is 0.471. The highest BCUT2D eigenvalue weighted by Gasteiger charge is 2.48. The number of carbonyl (C=O) groups excluding carboxylic acids is 3. The van der Waals surface area contributed by atoms with Gasteiger partial charge in [-0.2, -0.15) is 13.2 Å². The maximum Gasteiger partial charge on any atom is 0.416 e. The number of benzene rings is 1. The van der Waals surface area contributed by atoms with Crippen molar-refractivity contribution in [2.75, 3.05) is 13.1 Å². The zero-order valence-corrected chi connectivity index (χ0v) is 21.0. The molecule has 0 bridgehead atoms. The Kier molecular flexibility index (Phi) is 7.66. The summed E-state index contributed by atoms with van der Waals surface area (Å²) in [5.41, 5.74) is -0.920. The van der Waals surface area contributed by atoms with Crippen LogP contribution in [0.15, 0.2) is 71.0 Å². The van der Waals surface area contributed by atoms with E-state index < -0.39 is 41.7 Å². The Bertz CT molecular complexity index is 1250. The summed E-state index contributed by atoms with van der Waals surface area (Å²) in [6.45, 7) is 7.50. The lowest BCUT2D eigenvalue weighted by Crippen LogP contribution is -2.49. The van der Waals surface area contributed by atoms with Crippen molar-refractivity contribution in [3.8, 4) is 0 Å². The van der Waals surface area contributed by atoms with Gasteiger partial charge < -0.3 is 20.0 Å². The smallest absolute Gasteiger partial charge is 0.416 e. The molecule has 1 aromatic carbocycles. The fourth-order valence-corrected chi connectivity index (χ4v) is 4.86. The third-order valence-corrected chi connectivity index (χ3v) is 6.53. The van der Waals surface area contributed by atoms with Crippen molar-refractivity contribution in [3.63, 3.8) is 0 Å². The van der Waals surface area contributed by atoms with Gasteiger partial charge in [-0.15, -0.1) is 6.58 Å². The van der Waals surface area contributed by atoms with E-state index in [1.165, 1.54) is 40.3 Å². The molecule has 2 aliphatic rings. The largest absolute Gasteiger partial charge is 0.467 e. The Morgan fingerprint density at radius 3 is 2.61 bits per heavy atom. The van der Waals surface area contributed by atoms with E-state index in [-0.39, 0.29) is 42.4 Å². The third kappa shape index (κ3) is 5.32. The van der Waals surface area contributed by atoms with Crippen LogP contribution in [-0.4, -0.2) is 46.8 Å². The first kappa shape index (κ1) is 27.0. The lowest BCUT2D eigenvalue weighted by atomic mass is 9.91. The van der Waals surface area contributed by atoms with Crippen LogP contribution >= 0.6 is 0 Å². The van der Waals surface area contributed by atoms with Gasteiger partial charge in [-0.3, -0.25) is 14.5 Å². The molecular weight excluding hydrogens is 501 g/mol. The fourth-order valence-electron chi connectivity index (χ4n) is 4.86. The molecule has 4 rings (SSSR count). The zero-order chi connectivity index (χ0) is 27.6. The number of hydrogen-bond acceptors (Lipinski definition) is 4. The minimum absolute atomic E-state index is 0.00995. The summed E-state index contributed by atoms with van der Waals surface area (Å²) >= 11 is 0. The van der Waals surface area contributed by atoms with Gasteiger partial charge in [0.25, 0.3) is 5.91 Å². The highest BCUT2D eigenvalue weighted by Crippen LogP contribution is 2.42. The summed E-state index contributed by atoms with van der Waals surface area (Å²) in [6.07, 6.45) is -1.45. The van der Waals surface area contributed by atoms with Crippen molar-refractivity contribution in [1.82, 2.24) is 20.4 Å². The Balaban J connectivity index is 1.72. The number of urea groups is 1. The van der Waals surface area contributed by atoms with Crippen LogP contribution in [0.5, 0.6) is 0 Å². The maximum atomic E-state index is 13.9. The molecule has 0 radical (unpaired) electrons. The average Bonchev–Trinajstić information content (AvgIpc) is 3.50. The Morgan fingerprint density at radius 2 is 1.97 bits per heavy atom. The molecule has 0 aliphatic carbocycles. The number of rotatable bonds is 9. The average molecular weight is 531 g/mol. The highest BCUT2D eigenvalue weighted by atomic mass is 19.4. The molecule has 38 heavy (non-hydrogen) atoms. The molecule has 8 nitrogen and oxygen atoms in total. The first-order valence-corrected chi connectivity index (χ1v) is 12.2. The van der Waals surface area contributed by atoms with Gasteiger partial charge in [0.2, 0.25) is 5.91 Å². The zero-order valence-electron chi connectivity index (χ0n) is 21.0. The molecule has 11 heteroatoms. The van der Waals surface area contributed by atoms with Crippen LogP contribution in [0.3, 0.4) is 0 Å². The number of furan rings is 1. The number of nitrogens with one attached hydrogen (secondary N) is 2. The SMILES string of the molecule is C=CCN1C(=O)N[C@@H](c2ccccc2C(F)(F)F)C2=C1CN([C@@H](CC(C)C)C(=O)NCc1ccco1)C2=O. The first-order valence-electron chi connectivity index (χ1n) is 12.2. The predicted molar refractivity (Wildman–Crippen MR) is 132 cm³/mol. The van der Waals surface area contributed by atoms with Gasteiger partial charge in [0, 0.05) is 6.54 Å². The summed E-state index contributed by atoms with van der Waals surface area (Å²) < 4.78 is 46.9. The van der Waals surface area contributed by atoms with Crippen LogP contribution in [0, 0.1) is 5.92 Å². The topological polar surface area (TPSA) is 94.9 Å². The van der Waals surface area contributed by atoms with E-state index in [0.29, 0.717) is 12.2 Å². The van der Waals surface area contributed by atoms with Gasteiger partial charge in [-0.05, 0) is 36.1 Å². The summed E-state index contributed by atoms with van der Waals surface area (Å²) in [5, 5.41) is 5.36. The summed E-state index contributed by atoms with van der Waals surface area (Å²) in [6, 6.07) is 5.33. The molecule has 1 aromatic heterocycles. The minimum Gasteiger partial charge on any atom is -0.467 e. The van der Waals surface area contributed by atoms with Crippen LogP contribution < -0.4 is 10.6 Å². The molecule has 0 fully saturated rings. The second kappa shape index (κ2) is 10.8. The molecular formula is C27H29F3N4O4. The molecule has 0 saturated heterocycles. The van der Waals surface area contributed by atoms with Crippen molar-refractivity contribution < 1.29 is 32.0 Å². The van der Waals surface area contributed by atoms with Crippen molar-refractivity contribution in [3.05, 3.63) is 83.5 Å². The van der Waals surface area contributed by atoms with E-state index in [1.54, 1.807) is 12.1 Å². The van der Waals surface area contributed by atoms with E-state index in [9.17, 15) is 27.6 Å². The van der Waals surface area contributed by atoms with E-state index in [1.807, 2.05) is 13.8 Å². The van der Waals surface area contributed by atoms with Gasteiger partial charge in [0.15, 0.2) is 0 Å². The number of amides is 4. The van der Waals surface area contributed by atoms with Gasteiger partial charge in [0.1, 0.15) is 11.8 Å². The van der Waals surface area contributed by atoms with Crippen LogP contribution in [0.2, 0.25) is 0 Å². The fraction of sp³-hybridized carbons (Fsp3) is 0.370. The molecule has 0 spiro atoms. The Morgan fingerprint density at radius 1 is 1.24 bits per heavy atom. The molecule has 2 N–H and O–H groups in total. The van der Waals surface area contributed by atoms with Gasteiger partial charge in [-0.1, -0.05) is 38.1 Å². The van der Waals surface area contributed by atoms with E-state index >= 15 is 0 Å². The molecule has 2 atom stereocenters. The third-order valence-electron chi connectivity index (χ3n) is 6.53. The molecule has 202 valence electrons. The van der Waals surface area contributed by atoms with Crippen LogP contribution in [0.25, 0.3) is 0 Å². The standard InChI is InChI=1S/C27H29F3N4O4/c1-4-11-33-21-15-34(20(13-16(2)3)24(35)31-14-17-8-7-12-38-17)25(36)22(21)23(32-26(33)37)18-9-5-6-10-19(18)27(28,29)30/h4-10,12,16,20,23H,1,11,13-15H2,2-3H3,(H,31,35)(H,32,37)/t20-,23-/m0/s1. The van der Waals surface area contributed by atoms with Crippen LogP contribution in [0.4, 0.5) is 18.0 Å². The van der Waals surface area contributed by atoms with Crippen LogP contribution in [0.1, 0.15) is 43.2 Å². The normalized spacial score (nSPS) is 18.5. The van der Waals surface area contributed by atoms with E-state index in [0.717, 1.165) is 6.07 Å². The Labute approximate surface area is 218 Å². The second-order valence-electron chi connectivity index (χ2n) is 9.60. The second-order valence-corrected chi connectivity index (χ2v) is 9.60. The van der Waals surface area contributed by atoms with E-state index in [2.05, 4.69) is 17.2 Å². The van der Waals surface area contributed by atoms with Crippen LogP contribution in [-0.2, 0) is 22.3 Å². The number of hydrogen-bond donors (Lipinski definition) is 2. The number of carbonyl (C=O) groups is 3. The van der Waals surface area contributed by atoms with Gasteiger partial charge in [-0.25, -0.2) is 4.79 Å². The highest BCUT2D eigenvalue weighted by molar-refractivity contribution is 6.03. The van der Waals surface area contributed by atoms with Gasteiger partial charge in [0.05, 0.1) is 42.2 Å². The summed E-state index contributed by atoms with van der Waals surface area (Å²) in [7, 11) is 0. The number of nitrogens with zero attached hydrogens (tertiary/aromatic N) is 2. The predicted octanol–water partition coefficient (Wildman–Crippen LogP) is 4.38. The molecule has 0 unspecified atom stereocenters. The van der Waals surface area contributed by atoms with E-state index in [4.69, 9.17) is 4.42 Å². The van der Waals surface area contributed by atoms with Crippen molar-refractivity contribution in [1.29, 1.82) is 0 Å². The first-order chi connectivity index (χ1) is 18.0. The monoisotopic (exact) mass is 530 g/mol. The molecule has 0 saturated carbocycles. The maximum absolute atomic E-state index is 13.9. The van der Waals surface area contributed by atoms with Crippen molar-refractivity contribution >= 4 is 17.8 Å². The molecule has 2 aromatic rings.